The summed E-state index contributed by atoms with van der Waals surface area (Å²) in [5.41, 5.74) is 1.45. The van der Waals surface area contributed by atoms with Gasteiger partial charge in [-0.25, -0.2) is 0 Å². The first-order chi connectivity index (χ1) is 9.26. The van der Waals surface area contributed by atoms with Gasteiger partial charge in [-0.05, 0) is 30.7 Å². The smallest absolute Gasteiger partial charge is 0.243 e. The molecule has 0 radical (unpaired) electrons. The van der Waals surface area contributed by atoms with Crippen LogP contribution >= 0.6 is 0 Å². The number of carbonyl (C=O) groups is 1. The summed E-state index contributed by atoms with van der Waals surface area (Å²) in [4.78, 5) is 13.9. The molecule has 0 saturated carbocycles. The Bertz CT molecular complexity index is 538. The van der Waals surface area contributed by atoms with Crippen LogP contribution in [0.5, 0.6) is 0 Å². The highest BCUT2D eigenvalue weighted by molar-refractivity contribution is 5.86. The van der Waals surface area contributed by atoms with Gasteiger partial charge < -0.3 is 10.2 Å². The first-order valence-corrected chi connectivity index (χ1v) is 6.17. The van der Waals surface area contributed by atoms with Crippen LogP contribution in [-0.4, -0.2) is 25.0 Å². The Morgan fingerprint density at radius 3 is 2.68 bits per heavy atom. The molecule has 0 bridgehead atoms. The van der Waals surface area contributed by atoms with Gasteiger partial charge in [0.15, 0.2) is 0 Å². The average Bonchev–Trinajstić information content (AvgIpc) is 2.62. The Labute approximate surface area is 112 Å². The molecule has 0 spiro atoms. The molecule has 1 N–H and O–H groups in total. The molecule has 1 aromatic carbocycles. The van der Waals surface area contributed by atoms with Crippen LogP contribution in [0.4, 0.5) is 5.69 Å². The summed E-state index contributed by atoms with van der Waals surface area (Å²) in [6.07, 6.45) is 1.000. The number of hydrogen-bond donors (Lipinski definition) is 1. The molecule has 1 aromatic rings. The summed E-state index contributed by atoms with van der Waals surface area (Å²) in [7, 11) is 0. The highest BCUT2D eigenvalue weighted by Gasteiger charge is 2.27. The lowest BCUT2D eigenvalue weighted by Gasteiger charge is -2.28. The van der Waals surface area contributed by atoms with Crippen molar-refractivity contribution in [3.63, 3.8) is 0 Å². The molecule has 5 heteroatoms. The molecule has 0 aromatic heterocycles. The van der Waals surface area contributed by atoms with Crippen LogP contribution in [0.15, 0.2) is 24.3 Å². The van der Waals surface area contributed by atoms with Crippen LogP contribution in [0.25, 0.3) is 0 Å². The Balaban J connectivity index is 2.29. The lowest BCUT2D eigenvalue weighted by Crippen LogP contribution is -2.44. The van der Waals surface area contributed by atoms with Crippen molar-refractivity contribution in [3.8, 4) is 12.1 Å². The number of amides is 1. The van der Waals surface area contributed by atoms with E-state index in [4.69, 9.17) is 10.5 Å². The summed E-state index contributed by atoms with van der Waals surface area (Å²) in [6, 6.07) is 10.8. The van der Waals surface area contributed by atoms with Gasteiger partial charge in [-0.15, -0.1) is 0 Å². The quantitative estimate of drug-likeness (QED) is 0.859. The van der Waals surface area contributed by atoms with Crippen LogP contribution < -0.4 is 10.2 Å². The van der Waals surface area contributed by atoms with Crippen molar-refractivity contribution in [2.75, 3.05) is 18.0 Å². The summed E-state index contributed by atoms with van der Waals surface area (Å²) in [6.45, 7) is 1.35. The van der Waals surface area contributed by atoms with Gasteiger partial charge in [0.25, 0.3) is 0 Å². The molecular weight excluding hydrogens is 240 g/mol. The number of benzene rings is 1. The second kappa shape index (κ2) is 5.88. The molecule has 5 nitrogen and oxygen atoms in total. The molecular formula is C14H14N4O. The zero-order chi connectivity index (χ0) is 13.7. The van der Waals surface area contributed by atoms with Crippen molar-refractivity contribution in [1.29, 1.82) is 10.5 Å². The Morgan fingerprint density at radius 2 is 2.05 bits per heavy atom. The monoisotopic (exact) mass is 254 g/mol. The minimum absolute atomic E-state index is 0.108. The van der Waals surface area contributed by atoms with Crippen LogP contribution in [0.1, 0.15) is 18.4 Å². The normalized spacial score (nSPS) is 18.9. The van der Waals surface area contributed by atoms with E-state index in [-0.39, 0.29) is 12.3 Å². The van der Waals surface area contributed by atoms with Gasteiger partial charge in [-0.2, -0.15) is 10.5 Å². The molecule has 0 aliphatic carbocycles. The Kier molecular flexibility index (Phi) is 4.00. The summed E-state index contributed by atoms with van der Waals surface area (Å²) in [5.74, 6) is -0.108. The minimum Gasteiger partial charge on any atom is -0.359 e. The van der Waals surface area contributed by atoms with E-state index in [1.807, 2.05) is 17.0 Å². The fourth-order valence-corrected chi connectivity index (χ4v) is 2.20. The summed E-state index contributed by atoms with van der Waals surface area (Å²) < 4.78 is 0. The highest BCUT2D eigenvalue weighted by Crippen LogP contribution is 2.21. The number of hydrogen-bond acceptors (Lipinski definition) is 4. The minimum atomic E-state index is -0.458. The lowest BCUT2D eigenvalue weighted by atomic mass is 10.1. The van der Waals surface area contributed by atoms with Gasteiger partial charge >= 0.3 is 0 Å². The van der Waals surface area contributed by atoms with E-state index in [2.05, 4.69) is 17.5 Å². The van der Waals surface area contributed by atoms with Crippen molar-refractivity contribution >= 4 is 11.6 Å². The second-order valence-corrected chi connectivity index (χ2v) is 4.37. The molecule has 96 valence electrons. The van der Waals surface area contributed by atoms with Crippen LogP contribution in [0, 0.1) is 22.7 Å². The van der Waals surface area contributed by atoms with E-state index in [1.54, 1.807) is 12.1 Å². The summed E-state index contributed by atoms with van der Waals surface area (Å²) >= 11 is 0. The third-order valence-electron chi connectivity index (χ3n) is 3.17. The summed E-state index contributed by atoms with van der Waals surface area (Å²) in [5, 5.41) is 20.5. The molecule has 1 aliphatic rings. The zero-order valence-electron chi connectivity index (χ0n) is 10.5. The maximum Gasteiger partial charge on any atom is 0.243 e. The van der Waals surface area contributed by atoms with Crippen molar-refractivity contribution in [3.05, 3.63) is 29.8 Å². The molecule has 1 amide bonds. The highest BCUT2D eigenvalue weighted by atomic mass is 16.2. The van der Waals surface area contributed by atoms with Gasteiger partial charge in [-0.1, -0.05) is 0 Å². The first-order valence-electron chi connectivity index (χ1n) is 6.17. The van der Waals surface area contributed by atoms with Gasteiger partial charge in [0, 0.05) is 18.8 Å². The van der Waals surface area contributed by atoms with Gasteiger partial charge in [0.1, 0.15) is 6.04 Å². The third-order valence-corrected chi connectivity index (χ3v) is 3.17. The molecule has 1 aliphatic heterocycles. The number of nitrogens with zero attached hydrogens (tertiary/aromatic N) is 3. The fraction of sp³-hybridized carbons (Fsp3) is 0.357. The number of carbonyl (C=O) groups excluding carboxylic acids is 1. The lowest BCUT2D eigenvalue weighted by molar-refractivity contribution is -0.121. The Hall–Kier alpha value is -2.53. The van der Waals surface area contributed by atoms with Crippen molar-refractivity contribution < 1.29 is 4.79 Å². The van der Waals surface area contributed by atoms with Crippen molar-refractivity contribution in [2.45, 2.75) is 18.9 Å². The first kappa shape index (κ1) is 12.9. The maximum absolute atomic E-state index is 12.0. The largest absolute Gasteiger partial charge is 0.359 e. The molecule has 1 heterocycles. The molecule has 2 rings (SSSR count). The number of nitrogens with one attached hydrogen (secondary N) is 1. The van der Waals surface area contributed by atoms with Gasteiger partial charge in [-0.3, -0.25) is 4.79 Å². The molecule has 1 fully saturated rings. The second-order valence-electron chi connectivity index (χ2n) is 4.37. The predicted molar refractivity (Wildman–Crippen MR) is 70.1 cm³/mol. The van der Waals surface area contributed by atoms with Crippen LogP contribution in [0.2, 0.25) is 0 Å². The van der Waals surface area contributed by atoms with Gasteiger partial charge in [0.05, 0.1) is 24.1 Å². The topological polar surface area (TPSA) is 79.9 Å². The molecule has 1 atom stereocenters. The molecule has 1 saturated heterocycles. The molecule has 19 heavy (non-hydrogen) atoms. The van der Waals surface area contributed by atoms with E-state index >= 15 is 0 Å². The predicted octanol–water partition coefficient (Wildman–Crippen LogP) is 1.17. The number of rotatable bonds is 2. The van der Waals surface area contributed by atoms with Crippen LogP contribution in [-0.2, 0) is 4.79 Å². The number of anilines is 1. The Morgan fingerprint density at radius 1 is 1.32 bits per heavy atom. The maximum atomic E-state index is 12.0. The molecule has 1 unspecified atom stereocenters. The standard InChI is InChI=1S/C14H14N4O/c15-7-6-13-14(19)17-8-1-9-18(13)12-4-2-11(10-16)3-5-12/h2-5,13H,1,6,8-9H2,(H,17,19). The van der Waals surface area contributed by atoms with E-state index in [0.717, 1.165) is 18.7 Å². The van der Waals surface area contributed by atoms with E-state index < -0.39 is 6.04 Å². The van der Waals surface area contributed by atoms with Crippen molar-refractivity contribution in [1.82, 2.24) is 5.32 Å². The van der Waals surface area contributed by atoms with E-state index in [9.17, 15) is 4.79 Å². The van der Waals surface area contributed by atoms with Crippen molar-refractivity contribution in [2.24, 2.45) is 0 Å². The fourth-order valence-electron chi connectivity index (χ4n) is 2.20. The van der Waals surface area contributed by atoms with E-state index in [0.29, 0.717) is 12.1 Å². The average molecular weight is 254 g/mol. The van der Waals surface area contributed by atoms with Crippen LogP contribution in [0.3, 0.4) is 0 Å². The van der Waals surface area contributed by atoms with E-state index in [1.165, 1.54) is 0 Å². The SMILES string of the molecule is N#CCC1C(=O)NCCCN1c1ccc(C#N)cc1. The zero-order valence-corrected chi connectivity index (χ0v) is 10.5. The number of nitriles is 2. The third kappa shape index (κ3) is 2.83. The van der Waals surface area contributed by atoms with Gasteiger partial charge in [0.2, 0.25) is 5.91 Å².